The van der Waals surface area contributed by atoms with Crippen molar-refractivity contribution < 1.29 is 9.47 Å². The third-order valence-corrected chi connectivity index (χ3v) is 5.78. The van der Waals surface area contributed by atoms with Gasteiger partial charge < -0.3 is 15.2 Å². The molecule has 1 unspecified atom stereocenters. The summed E-state index contributed by atoms with van der Waals surface area (Å²) in [5.41, 5.74) is 8.72. The molecule has 2 N–H and O–H groups in total. The first-order chi connectivity index (χ1) is 16.1. The Balaban J connectivity index is 1.85. The Labute approximate surface area is 190 Å². The van der Waals surface area contributed by atoms with Gasteiger partial charge in [-0.1, -0.05) is 42.5 Å². The fourth-order valence-corrected chi connectivity index (χ4v) is 4.36. The van der Waals surface area contributed by atoms with E-state index in [1.807, 2.05) is 85.8 Å². The van der Waals surface area contributed by atoms with E-state index in [4.69, 9.17) is 15.2 Å². The summed E-state index contributed by atoms with van der Waals surface area (Å²) >= 11 is 0. The molecule has 4 aromatic rings. The third-order valence-electron chi connectivity index (χ3n) is 5.78. The number of aromatic nitrogens is 1. The van der Waals surface area contributed by atoms with Crippen molar-refractivity contribution in [3.8, 4) is 23.3 Å². The van der Waals surface area contributed by atoms with E-state index >= 15 is 0 Å². The Morgan fingerprint density at radius 2 is 1.73 bits per heavy atom. The summed E-state index contributed by atoms with van der Waals surface area (Å²) in [5.74, 6) is 0.440. The first-order valence-electron chi connectivity index (χ1n) is 10.7. The molecule has 0 amide bonds. The van der Waals surface area contributed by atoms with Crippen LogP contribution in [0.25, 0.3) is 16.6 Å². The molecule has 1 aliphatic rings. The van der Waals surface area contributed by atoms with Crippen LogP contribution in [0.15, 0.2) is 95.1 Å². The summed E-state index contributed by atoms with van der Waals surface area (Å²) < 4.78 is 13.2. The maximum absolute atomic E-state index is 14.0. The lowest BCUT2D eigenvalue weighted by atomic mass is 9.83. The van der Waals surface area contributed by atoms with Crippen molar-refractivity contribution in [1.82, 2.24) is 4.57 Å². The Kier molecular flexibility index (Phi) is 5.08. The van der Waals surface area contributed by atoms with E-state index < -0.39 is 5.92 Å². The van der Waals surface area contributed by atoms with Gasteiger partial charge in [0.15, 0.2) is 0 Å². The minimum absolute atomic E-state index is 0.00546. The molecule has 162 valence electrons. The van der Waals surface area contributed by atoms with E-state index in [2.05, 4.69) is 6.07 Å². The molecule has 2 heterocycles. The average molecular weight is 435 g/mol. The van der Waals surface area contributed by atoms with Crippen molar-refractivity contribution in [2.75, 3.05) is 6.61 Å². The van der Waals surface area contributed by atoms with Crippen LogP contribution < -0.4 is 20.8 Å². The van der Waals surface area contributed by atoms with Crippen molar-refractivity contribution in [3.05, 3.63) is 112 Å². The predicted molar refractivity (Wildman–Crippen MR) is 126 cm³/mol. The Morgan fingerprint density at radius 1 is 1.03 bits per heavy atom. The SMILES string of the molecule is CCOc1ccc(C2C(C#N)=C(N)Oc3c2c(=O)n(-c2ccccc2)c2ccccc32)cc1. The molecule has 0 spiro atoms. The van der Waals surface area contributed by atoms with Crippen LogP contribution in [0.5, 0.6) is 11.5 Å². The van der Waals surface area contributed by atoms with Gasteiger partial charge in [0.1, 0.15) is 23.1 Å². The monoisotopic (exact) mass is 435 g/mol. The molecular weight excluding hydrogens is 414 g/mol. The first-order valence-corrected chi connectivity index (χ1v) is 10.7. The van der Waals surface area contributed by atoms with E-state index in [1.54, 1.807) is 4.57 Å². The van der Waals surface area contributed by atoms with Crippen LogP contribution in [0.4, 0.5) is 0 Å². The van der Waals surface area contributed by atoms with Crippen LogP contribution >= 0.6 is 0 Å². The highest BCUT2D eigenvalue weighted by molar-refractivity contribution is 5.89. The smallest absolute Gasteiger partial charge is 0.263 e. The number of hydrogen-bond acceptors (Lipinski definition) is 5. The average Bonchev–Trinajstić information content (AvgIpc) is 2.85. The summed E-state index contributed by atoms with van der Waals surface area (Å²) in [4.78, 5) is 14.0. The van der Waals surface area contributed by atoms with Gasteiger partial charge in [-0.15, -0.1) is 0 Å². The molecule has 0 saturated heterocycles. The molecule has 5 rings (SSSR count). The molecule has 3 aromatic carbocycles. The van der Waals surface area contributed by atoms with Crippen LogP contribution in [0.1, 0.15) is 24.0 Å². The molecule has 1 aliphatic heterocycles. The molecule has 33 heavy (non-hydrogen) atoms. The molecule has 6 heteroatoms. The summed E-state index contributed by atoms with van der Waals surface area (Å²) in [6, 6.07) is 26.5. The van der Waals surface area contributed by atoms with Gasteiger partial charge in [-0.25, -0.2) is 0 Å². The van der Waals surface area contributed by atoms with Gasteiger partial charge in [0.05, 0.1) is 23.6 Å². The zero-order valence-corrected chi connectivity index (χ0v) is 18.0. The molecule has 0 saturated carbocycles. The standard InChI is InChI=1S/C27H21N3O3/c1-2-32-19-14-12-17(13-15-19)23-21(16-28)26(29)33-25-20-10-6-7-11-22(20)30(27(31)24(23)25)18-8-4-3-5-9-18/h3-15,23H,2,29H2,1H3. The van der Waals surface area contributed by atoms with Gasteiger partial charge >= 0.3 is 0 Å². The van der Waals surface area contributed by atoms with Crippen molar-refractivity contribution in [1.29, 1.82) is 5.26 Å². The van der Waals surface area contributed by atoms with Gasteiger partial charge in [0.25, 0.3) is 5.56 Å². The molecule has 6 nitrogen and oxygen atoms in total. The van der Waals surface area contributed by atoms with Gasteiger partial charge in [-0.2, -0.15) is 5.26 Å². The topological polar surface area (TPSA) is 90.3 Å². The van der Waals surface area contributed by atoms with E-state index in [1.165, 1.54) is 0 Å². The van der Waals surface area contributed by atoms with Crippen LogP contribution in [-0.4, -0.2) is 11.2 Å². The minimum Gasteiger partial charge on any atom is -0.494 e. The van der Waals surface area contributed by atoms with E-state index in [0.29, 0.717) is 29.2 Å². The number of nitrogens with two attached hydrogens (primary N) is 1. The second-order valence-corrected chi connectivity index (χ2v) is 7.66. The van der Waals surface area contributed by atoms with Crippen LogP contribution in [0.2, 0.25) is 0 Å². The number of allylic oxidation sites excluding steroid dienone is 1. The van der Waals surface area contributed by atoms with Crippen LogP contribution in [0.3, 0.4) is 0 Å². The number of rotatable bonds is 4. The van der Waals surface area contributed by atoms with Gasteiger partial charge in [-0.3, -0.25) is 9.36 Å². The lowest BCUT2D eigenvalue weighted by Crippen LogP contribution is -2.31. The number of hydrogen-bond donors (Lipinski definition) is 1. The number of pyridine rings is 1. The molecule has 0 radical (unpaired) electrons. The zero-order chi connectivity index (χ0) is 22.9. The van der Waals surface area contributed by atoms with Gasteiger partial charge in [0.2, 0.25) is 5.88 Å². The maximum atomic E-state index is 14.0. The number of ether oxygens (including phenoxy) is 2. The number of fused-ring (bicyclic) bond motifs is 3. The summed E-state index contributed by atoms with van der Waals surface area (Å²) in [5, 5.41) is 10.7. The highest BCUT2D eigenvalue weighted by Gasteiger charge is 2.35. The minimum atomic E-state index is -0.665. The molecule has 1 aromatic heterocycles. The van der Waals surface area contributed by atoms with E-state index in [0.717, 1.165) is 16.6 Å². The summed E-state index contributed by atoms with van der Waals surface area (Å²) in [7, 11) is 0. The molecule has 0 fully saturated rings. The molecule has 0 bridgehead atoms. The van der Waals surface area contributed by atoms with E-state index in [9.17, 15) is 10.1 Å². The predicted octanol–water partition coefficient (Wildman–Crippen LogP) is 4.61. The summed E-state index contributed by atoms with van der Waals surface area (Å²) in [6.45, 7) is 2.46. The van der Waals surface area contributed by atoms with Gasteiger partial charge in [0, 0.05) is 11.1 Å². The highest BCUT2D eigenvalue weighted by atomic mass is 16.5. The maximum Gasteiger partial charge on any atom is 0.263 e. The van der Waals surface area contributed by atoms with Crippen molar-refractivity contribution in [2.45, 2.75) is 12.8 Å². The largest absolute Gasteiger partial charge is 0.494 e. The summed E-state index contributed by atoms with van der Waals surface area (Å²) in [6.07, 6.45) is 0. The van der Waals surface area contributed by atoms with Crippen molar-refractivity contribution in [3.63, 3.8) is 0 Å². The Hall–Kier alpha value is -4.50. The Morgan fingerprint density at radius 3 is 2.42 bits per heavy atom. The van der Waals surface area contributed by atoms with Gasteiger partial charge in [-0.05, 0) is 48.9 Å². The fraction of sp³-hybridized carbons (Fsp3) is 0.111. The number of para-hydroxylation sites is 2. The zero-order valence-electron chi connectivity index (χ0n) is 18.0. The van der Waals surface area contributed by atoms with E-state index in [-0.39, 0.29) is 17.0 Å². The number of nitrogens with zero attached hydrogens (tertiary/aromatic N) is 2. The first kappa shape index (κ1) is 20.4. The van der Waals surface area contributed by atoms with Crippen molar-refractivity contribution >= 4 is 10.9 Å². The lowest BCUT2D eigenvalue weighted by molar-refractivity contribution is 0.340. The van der Waals surface area contributed by atoms with Crippen molar-refractivity contribution in [2.24, 2.45) is 5.73 Å². The molecular formula is C27H21N3O3. The second kappa shape index (κ2) is 8.21. The quantitative estimate of drug-likeness (QED) is 0.506. The number of benzene rings is 3. The highest BCUT2D eigenvalue weighted by Crippen LogP contribution is 2.44. The second-order valence-electron chi connectivity index (χ2n) is 7.66. The normalized spacial score (nSPS) is 15.0. The van der Waals surface area contributed by atoms with Crippen LogP contribution in [-0.2, 0) is 0 Å². The molecule has 1 atom stereocenters. The third kappa shape index (κ3) is 3.31. The van der Waals surface area contributed by atoms with Crippen LogP contribution in [0, 0.1) is 11.3 Å². The Bertz CT molecular complexity index is 1480. The number of nitriles is 1. The lowest BCUT2D eigenvalue weighted by Gasteiger charge is -2.28. The molecule has 0 aliphatic carbocycles. The fourth-order valence-electron chi connectivity index (χ4n) is 4.36.